The van der Waals surface area contributed by atoms with E-state index in [0.29, 0.717) is 17.5 Å². The van der Waals surface area contributed by atoms with Crippen LogP contribution in [0.25, 0.3) is 10.6 Å². The van der Waals surface area contributed by atoms with E-state index in [4.69, 9.17) is 10.1 Å². The van der Waals surface area contributed by atoms with Crippen LogP contribution in [0, 0.1) is 11.7 Å². The van der Waals surface area contributed by atoms with Gasteiger partial charge in [-0.2, -0.15) is 0 Å². The average Bonchev–Trinajstić information content (AvgIpc) is 2.98. The highest BCUT2D eigenvalue weighted by Crippen LogP contribution is 2.38. The van der Waals surface area contributed by atoms with Crippen molar-refractivity contribution in [1.29, 1.82) is 0 Å². The van der Waals surface area contributed by atoms with E-state index in [0.717, 1.165) is 42.9 Å². The number of aromatic nitrogens is 1. The van der Waals surface area contributed by atoms with Crippen molar-refractivity contribution in [3.05, 3.63) is 40.7 Å². The maximum atomic E-state index is 14.0. The zero-order chi connectivity index (χ0) is 16.2. The maximum Gasteiger partial charge on any atom is 0.133 e. The highest BCUT2D eigenvalue weighted by Gasteiger charge is 2.25. The lowest BCUT2D eigenvalue weighted by Gasteiger charge is -2.24. The van der Waals surface area contributed by atoms with Crippen LogP contribution in [0.2, 0.25) is 0 Å². The smallest absolute Gasteiger partial charge is 0.133 e. The number of hydrogen-bond donors (Lipinski definition) is 2. The van der Waals surface area contributed by atoms with E-state index in [1.807, 2.05) is 6.07 Å². The van der Waals surface area contributed by atoms with Gasteiger partial charge in [-0.3, -0.25) is 0 Å². The minimum atomic E-state index is -0.209. The molecule has 2 aromatic rings. The van der Waals surface area contributed by atoms with E-state index in [9.17, 15) is 4.39 Å². The Hall–Kier alpha value is -1.30. The first-order chi connectivity index (χ1) is 11.2. The highest BCUT2D eigenvalue weighted by molar-refractivity contribution is 7.15. The number of aliphatic hydroxyl groups is 1. The van der Waals surface area contributed by atoms with E-state index in [2.05, 4.69) is 12.2 Å². The van der Waals surface area contributed by atoms with Gasteiger partial charge in [0.25, 0.3) is 0 Å². The molecule has 1 heterocycles. The fourth-order valence-electron chi connectivity index (χ4n) is 3.03. The molecule has 1 aliphatic carbocycles. The van der Waals surface area contributed by atoms with Crippen molar-refractivity contribution < 1.29 is 9.50 Å². The molecule has 2 atom stereocenters. The fraction of sp³-hybridized carbons (Fsp3) is 0.500. The Balaban J connectivity index is 1.78. The van der Waals surface area contributed by atoms with Crippen molar-refractivity contribution >= 4 is 11.3 Å². The first-order valence-electron chi connectivity index (χ1n) is 8.27. The molecule has 0 saturated heterocycles. The molecule has 2 N–H and O–H groups in total. The molecule has 3 nitrogen and oxygen atoms in total. The van der Waals surface area contributed by atoms with Gasteiger partial charge in [-0.1, -0.05) is 19.1 Å². The molecule has 0 bridgehead atoms. The standard InChI is InChI=1S/C18H23FN2OS/c1-12(9-10-22)11-20-15-7-4-8-16-17(15)23-18(21-16)13-5-2-3-6-14(13)19/h2-3,5-6,12,15,20,22H,4,7-11H2,1H3. The quantitative estimate of drug-likeness (QED) is 0.841. The monoisotopic (exact) mass is 334 g/mol. The first kappa shape index (κ1) is 16.6. The number of fused-ring (bicyclic) bond motifs is 1. The normalized spacial score (nSPS) is 18.7. The van der Waals surface area contributed by atoms with Gasteiger partial charge in [0.2, 0.25) is 0 Å². The van der Waals surface area contributed by atoms with Crippen LogP contribution in [-0.4, -0.2) is 23.2 Å². The Morgan fingerprint density at radius 3 is 3.04 bits per heavy atom. The molecule has 1 aliphatic rings. The summed E-state index contributed by atoms with van der Waals surface area (Å²) in [5.74, 6) is 0.240. The molecule has 1 aromatic heterocycles. The Morgan fingerprint density at radius 2 is 2.26 bits per heavy atom. The first-order valence-corrected chi connectivity index (χ1v) is 9.09. The number of nitrogens with one attached hydrogen (secondary N) is 1. The number of hydrogen-bond acceptors (Lipinski definition) is 4. The summed E-state index contributed by atoms with van der Waals surface area (Å²) in [7, 11) is 0. The van der Waals surface area contributed by atoms with E-state index in [1.54, 1.807) is 23.5 Å². The minimum absolute atomic E-state index is 0.209. The average molecular weight is 334 g/mol. The van der Waals surface area contributed by atoms with Crippen molar-refractivity contribution in [2.24, 2.45) is 5.92 Å². The van der Waals surface area contributed by atoms with E-state index in [-0.39, 0.29) is 12.4 Å². The van der Waals surface area contributed by atoms with Crippen LogP contribution in [0.1, 0.15) is 42.8 Å². The van der Waals surface area contributed by atoms with Crippen LogP contribution in [0.4, 0.5) is 4.39 Å². The lowest BCUT2D eigenvalue weighted by molar-refractivity contribution is 0.256. The summed E-state index contributed by atoms with van der Waals surface area (Å²) in [4.78, 5) is 5.95. The van der Waals surface area contributed by atoms with Gasteiger partial charge in [0, 0.05) is 23.1 Å². The van der Waals surface area contributed by atoms with E-state index in [1.165, 1.54) is 10.9 Å². The number of rotatable bonds is 6. The summed E-state index contributed by atoms with van der Waals surface area (Å²) in [5, 5.41) is 13.4. The summed E-state index contributed by atoms with van der Waals surface area (Å²) < 4.78 is 14.0. The molecule has 2 unspecified atom stereocenters. The number of thiazole rings is 1. The molecule has 0 fully saturated rings. The maximum absolute atomic E-state index is 14.0. The van der Waals surface area contributed by atoms with Gasteiger partial charge in [-0.25, -0.2) is 9.37 Å². The van der Waals surface area contributed by atoms with Gasteiger partial charge in [0.15, 0.2) is 0 Å². The minimum Gasteiger partial charge on any atom is -0.396 e. The number of benzene rings is 1. The van der Waals surface area contributed by atoms with Crippen LogP contribution in [0.3, 0.4) is 0 Å². The zero-order valence-electron chi connectivity index (χ0n) is 13.4. The molecular weight excluding hydrogens is 311 g/mol. The largest absolute Gasteiger partial charge is 0.396 e. The van der Waals surface area contributed by atoms with E-state index >= 15 is 0 Å². The third kappa shape index (κ3) is 3.79. The Labute approximate surface area is 140 Å². The molecule has 0 aliphatic heterocycles. The number of aliphatic hydroxyl groups excluding tert-OH is 1. The Bertz CT molecular complexity index is 658. The molecule has 0 spiro atoms. The number of nitrogens with zero attached hydrogens (tertiary/aromatic N) is 1. The summed E-state index contributed by atoms with van der Waals surface area (Å²) in [6, 6.07) is 7.15. The molecule has 124 valence electrons. The second kappa shape index (κ2) is 7.51. The van der Waals surface area contributed by atoms with Crippen molar-refractivity contribution in [2.75, 3.05) is 13.2 Å². The predicted octanol–water partition coefficient (Wildman–Crippen LogP) is 3.93. The lowest BCUT2D eigenvalue weighted by Crippen LogP contribution is -2.28. The van der Waals surface area contributed by atoms with Crippen LogP contribution in [-0.2, 0) is 6.42 Å². The highest BCUT2D eigenvalue weighted by atomic mass is 32.1. The molecule has 0 saturated carbocycles. The second-order valence-corrected chi connectivity index (χ2v) is 7.31. The SMILES string of the molecule is CC(CCO)CNC1CCCc2nc(-c3ccccc3F)sc21. The van der Waals surface area contributed by atoms with Crippen molar-refractivity contribution in [2.45, 2.75) is 38.6 Å². The lowest BCUT2D eigenvalue weighted by atomic mass is 9.97. The van der Waals surface area contributed by atoms with Crippen LogP contribution < -0.4 is 5.32 Å². The molecular formula is C18H23FN2OS. The topological polar surface area (TPSA) is 45.1 Å². The molecule has 3 rings (SSSR count). The molecule has 0 radical (unpaired) electrons. The van der Waals surface area contributed by atoms with Crippen molar-refractivity contribution in [3.8, 4) is 10.6 Å². The molecule has 0 amide bonds. The van der Waals surface area contributed by atoms with Crippen molar-refractivity contribution in [3.63, 3.8) is 0 Å². The van der Waals surface area contributed by atoms with Gasteiger partial charge in [0.05, 0.1) is 5.69 Å². The molecule has 5 heteroatoms. The van der Waals surface area contributed by atoms with Gasteiger partial charge in [0.1, 0.15) is 10.8 Å². The number of aryl methyl sites for hydroxylation is 1. The summed E-state index contributed by atoms with van der Waals surface area (Å²) >= 11 is 1.61. The summed E-state index contributed by atoms with van der Waals surface area (Å²) in [6.45, 7) is 3.26. The fourth-order valence-corrected chi connectivity index (χ4v) is 4.28. The van der Waals surface area contributed by atoms with Crippen molar-refractivity contribution in [1.82, 2.24) is 10.3 Å². The third-order valence-corrected chi connectivity index (χ3v) is 5.63. The van der Waals surface area contributed by atoms with Gasteiger partial charge in [-0.15, -0.1) is 11.3 Å². The Morgan fingerprint density at radius 1 is 1.43 bits per heavy atom. The summed E-state index contributed by atoms with van der Waals surface area (Å²) in [5.41, 5.74) is 1.71. The second-order valence-electron chi connectivity index (χ2n) is 6.28. The number of halogens is 1. The summed E-state index contributed by atoms with van der Waals surface area (Å²) in [6.07, 6.45) is 4.00. The van der Waals surface area contributed by atoms with Gasteiger partial charge >= 0.3 is 0 Å². The van der Waals surface area contributed by atoms with Gasteiger partial charge < -0.3 is 10.4 Å². The molecule has 23 heavy (non-hydrogen) atoms. The molecule has 1 aromatic carbocycles. The van der Waals surface area contributed by atoms with Gasteiger partial charge in [-0.05, 0) is 50.3 Å². The third-order valence-electron chi connectivity index (χ3n) is 4.39. The zero-order valence-corrected chi connectivity index (χ0v) is 14.2. The van der Waals surface area contributed by atoms with Crippen LogP contribution >= 0.6 is 11.3 Å². The Kier molecular flexibility index (Phi) is 5.41. The van der Waals surface area contributed by atoms with Crippen LogP contribution in [0.5, 0.6) is 0 Å². The van der Waals surface area contributed by atoms with E-state index < -0.39 is 0 Å². The van der Waals surface area contributed by atoms with Crippen LogP contribution in [0.15, 0.2) is 24.3 Å². The predicted molar refractivity (Wildman–Crippen MR) is 92.1 cm³/mol.